The maximum absolute atomic E-state index is 12.0. The molecular formula is C10H7F3O2S. The van der Waals surface area contributed by atoms with Crippen LogP contribution < -0.4 is 4.74 Å². The van der Waals surface area contributed by atoms with E-state index >= 15 is 0 Å². The molecule has 0 saturated heterocycles. The molecule has 2 nitrogen and oxygen atoms in total. The first-order chi connectivity index (χ1) is 7.46. The number of thioether (sulfide) groups is 1. The van der Waals surface area contributed by atoms with Crippen molar-refractivity contribution in [1.82, 2.24) is 0 Å². The van der Waals surface area contributed by atoms with E-state index in [4.69, 9.17) is 0 Å². The quantitative estimate of drug-likeness (QED) is 0.764. The van der Waals surface area contributed by atoms with E-state index in [1.165, 1.54) is 23.9 Å². The maximum atomic E-state index is 12.0. The molecule has 0 saturated carbocycles. The van der Waals surface area contributed by atoms with Crippen LogP contribution in [0.3, 0.4) is 0 Å². The van der Waals surface area contributed by atoms with E-state index in [9.17, 15) is 18.0 Å². The highest BCUT2D eigenvalue weighted by atomic mass is 32.2. The van der Waals surface area contributed by atoms with Gasteiger partial charge in [-0.15, -0.1) is 24.9 Å². The topological polar surface area (TPSA) is 26.3 Å². The van der Waals surface area contributed by atoms with E-state index < -0.39 is 6.36 Å². The lowest BCUT2D eigenvalue weighted by Crippen LogP contribution is -2.18. The highest BCUT2D eigenvalue weighted by Crippen LogP contribution is 2.30. The van der Waals surface area contributed by atoms with Gasteiger partial charge < -0.3 is 4.74 Å². The van der Waals surface area contributed by atoms with Crippen LogP contribution in [0.2, 0.25) is 0 Å². The van der Waals surface area contributed by atoms with Crippen LogP contribution in [0.1, 0.15) is 15.9 Å². The SMILES string of the molecule is O=C1CSCc2ccc(OC(F)(F)F)cc21. The number of Topliss-reactive ketones (excluding diaryl/α,β-unsaturated/α-hetero) is 1. The number of rotatable bonds is 1. The van der Waals surface area contributed by atoms with Crippen molar-refractivity contribution in [2.75, 3.05) is 5.75 Å². The van der Waals surface area contributed by atoms with Crippen molar-refractivity contribution < 1.29 is 22.7 Å². The van der Waals surface area contributed by atoms with Gasteiger partial charge in [0.1, 0.15) is 5.75 Å². The number of halogens is 3. The molecule has 0 unspecified atom stereocenters. The van der Waals surface area contributed by atoms with Gasteiger partial charge in [-0.3, -0.25) is 4.79 Å². The Bertz CT molecular complexity index is 429. The third-order valence-electron chi connectivity index (χ3n) is 2.11. The summed E-state index contributed by atoms with van der Waals surface area (Å²) in [6.07, 6.45) is -4.72. The first-order valence-corrected chi connectivity index (χ1v) is 5.61. The zero-order valence-corrected chi connectivity index (χ0v) is 8.82. The molecular weight excluding hydrogens is 241 g/mol. The Morgan fingerprint density at radius 3 is 2.69 bits per heavy atom. The van der Waals surface area contributed by atoms with Gasteiger partial charge in [0.25, 0.3) is 0 Å². The lowest BCUT2D eigenvalue weighted by Gasteiger charge is -2.16. The Morgan fingerprint density at radius 2 is 2.00 bits per heavy atom. The summed E-state index contributed by atoms with van der Waals surface area (Å²) in [6, 6.07) is 3.89. The molecule has 1 heterocycles. The molecule has 0 fully saturated rings. The summed E-state index contributed by atoms with van der Waals surface area (Å²) in [4.78, 5) is 11.4. The fraction of sp³-hybridized carbons (Fsp3) is 0.300. The van der Waals surface area contributed by atoms with E-state index in [-0.39, 0.29) is 11.5 Å². The van der Waals surface area contributed by atoms with Crippen LogP contribution in [0, 0.1) is 0 Å². The molecule has 0 atom stereocenters. The molecule has 0 N–H and O–H groups in total. The van der Waals surface area contributed by atoms with Crippen molar-refractivity contribution in [3.63, 3.8) is 0 Å². The van der Waals surface area contributed by atoms with Gasteiger partial charge in [-0.05, 0) is 17.7 Å². The Labute approximate surface area is 93.8 Å². The van der Waals surface area contributed by atoms with Gasteiger partial charge in [0.2, 0.25) is 0 Å². The van der Waals surface area contributed by atoms with Crippen molar-refractivity contribution >= 4 is 17.5 Å². The van der Waals surface area contributed by atoms with E-state index in [0.717, 1.165) is 11.6 Å². The molecule has 1 aromatic carbocycles. The van der Waals surface area contributed by atoms with Crippen LogP contribution in [-0.4, -0.2) is 17.9 Å². The summed E-state index contributed by atoms with van der Waals surface area (Å²) in [5.74, 6) is 0.459. The monoisotopic (exact) mass is 248 g/mol. The Hall–Kier alpha value is -1.17. The summed E-state index contributed by atoms with van der Waals surface area (Å²) in [6.45, 7) is 0. The van der Waals surface area contributed by atoms with Gasteiger partial charge in [0.05, 0.1) is 5.75 Å². The molecule has 6 heteroatoms. The smallest absolute Gasteiger partial charge is 0.406 e. The van der Waals surface area contributed by atoms with Gasteiger partial charge in [-0.25, -0.2) is 0 Å². The first-order valence-electron chi connectivity index (χ1n) is 4.45. The molecule has 1 aliphatic heterocycles. The number of ketones is 1. The largest absolute Gasteiger partial charge is 0.573 e. The Kier molecular flexibility index (Phi) is 2.84. The molecule has 16 heavy (non-hydrogen) atoms. The second kappa shape index (κ2) is 4.01. The van der Waals surface area contributed by atoms with Crippen LogP contribution in [0.25, 0.3) is 0 Å². The maximum Gasteiger partial charge on any atom is 0.573 e. The fourth-order valence-corrected chi connectivity index (χ4v) is 2.38. The Morgan fingerprint density at radius 1 is 1.25 bits per heavy atom. The number of hydrogen-bond acceptors (Lipinski definition) is 3. The number of alkyl halides is 3. The molecule has 0 bridgehead atoms. The van der Waals surface area contributed by atoms with Gasteiger partial charge in [-0.1, -0.05) is 6.07 Å². The van der Waals surface area contributed by atoms with Crippen molar-refractivity contribution in [1.29, 1.82) is 0 Å². The third kappa shape index (κ3) is 2.49. The summed E-state index contributed by atoms with van der Waals surface area (Å²) < 4.78 is 39.6. The average Bonchev–Trinajstić information content (AvgIpc) is 2.17. The minimum atomic E-state index is -4.72. The number of carbonyl (C=O) groups excluding carboxylic acids is 1. The standard InChI is InChI=1S/C10H7F3O2S/c11-10(12,13)15-7-2-1-6-4-16-5-9(14)8(6)3-7/h1-3H,4-5H2. The molecule has 86 valence electrons. The van der Waals surface area contributed by atoms with Crippen LogP contribution >= 0.6 is 11.8 Å². The van der Waals surface area contributed by atoms with E-state index in [2.05, 4.69) is 4.74 Å². The van der Waals surface area contributed by atoms with Crippen molar-refractivity contribution in [2.24, 2.45) is 0 Å². The lowest BCUT2D eigenvalue weighted by molar-refractivity contribution is -0.274. The van der Waals surface area contributed by atoms with Gasteiger partial charge in [-0.2, -0.15) is 0 Å². The number of benzene rings is 1. The predicted octanol–water partition coefficient (Wildman–Crippen LogP) is 3.01. The zero-order chi connectivity index (χ0) is 11.8. The molecule has 0 spiro atoms. The number of carbonyl (C=O) groups is 1. The van der Waals surface area contributed by atoms with E-state index in [0.29, 0.717) is 17.1 Å². The zero-order valence-electron chi connectivity index (χ0n) is 8.00. The third-order valence-corrected chi connectivity index (χ3v) is 3.09. The molecule has 0 aromatic heterocycles. The van der Waals surface area contributed by atoms with E-state index in [1.807, 2.05) is 0 Å². The molecule has 1 aromatic rings. The summed E-state index contributed by atoms with van der Waals surface area (Å²) in [5, 5.41) is 0. The van der Waals surface area contributed by atoms with Crippen molar-refractivity contribution in [3.05, 3.63) is 29.3 Å². The van der Waals surface area contributed by atoms with Crippen LogP contribution in [0.4, 0.5) is 13.2 Å². The van der Waals surface area contributed by atoms with E-state index in [1.54, 1.807) is 0 Å². The minimum Gasteiger partial charge on any atom is -0.406 e. The number of fused-ring (bicyclic) bond motifs is 1. The average molecular weight is 248 g/mol. The van der Waals surface area contributed by atoms with Gasteiger partial charge in [0.15, 0.2) is 5.78 Å². The molecule has 2 rings (SSSR count). The van der Waals surface area contributed by atoms with Crippen LogP contribution in [0.5, 0.6) is 5.75 Å². The second-order valence-electron chi connectivity index (χ2n) is 3.28. The van der Waals surface area contributed by atoms with Crippen LogP contribution in [-0.2, 0) is 5.75 Å². The summed E-state index contributed by atoms with van der Waals surface area (Å²) >= 11 is 1.45. The van der Waals surface area contributed by atoms with Gasteiger partial charge >= 0.3 is 6.36 Å². The molecule has 0 amide bonds. The van der Waals surface area contributed by atoms with Crippen molar-refractivity contribution in [2.45, 2.75) is 12.1 Å². The summed E-state index contributed by atoms with van der Waals surface area (Å²) in [5.41, 5.74) is 1.09. The summed E-state index contributed by atoms with van der Waals surface area (Å²) in [7, 11) is 0. The van der Waals surface area contributed by atoms with Crippen molar-refractivity contribution in [3.8, 4) is 5.75 Å². The second-order valence-corrected chi connectivity index (χ2v) is 4.27. The fourth-order valence-electron chi connectivity index (χ4n) is 1.47. The highest BCUT2D eigenvalue weighted by molar-refractivity contribution is 7.99. The number of hydrogen-bond donors (Lipinski definition) is 0. The molecule has 1 aliphatic rings. The number of ether oxygens (including phenoxy) is 1. The molecule has 0 aliphatic carbocycles. The van der Waals surface area contributed by atoms with Gasteiger partial charge in [0, 0.05) is 11.3 Å². The molecule has 0 radical (unpaired) electrons. The minimum absolute atomic E-state index is 0.154. The highest BCUT2D eigenvalue weighted by Gasteiger charge is 2.31. The first kappa shape index (κ1) is 11.3. The normalized spacial score (nSPS) is 15.8. The lowest BCUT2D eigenvalue weighted by atomic mass is 10.0. The Balaban J connectivity index is 2.31. The van der Waals surface area contributed by atoms with Crippen LogP contribution in [0.15, 0.2) is 18.2 Å². The predicted molar refractivity (Wildman–Crippen MR) is 53.6 cm³/mol.